The molecule has 1 rings (SSSR count). The van der Waals surface area contributed by atoms with Crippen molar-refractivity contribution >= 4 is 57.0 Å². The summed E-state index contributed by atoms with van der Waals surface area (Å²) in [5, 5.41) is 9.68. The van der Waals surface area contributed by atoms with Gasteiger partial charge >= 0.3 is 0 Å². The fourth-order valence-corrected chi connectivity index (χ4v) is 2.81. The standard InChI is InChI=1S/C9H8I2N2O4/c10-4-1-5(8(15)6(11)2-4)9(16)13-17-3-7(12)14/h1-2,15H,3H2,(H2,12,14)(H,13,16). The number of primary amides is 1. The van der Waals surface area contributed by atoms with Crippen LogP contribution in [0.2, 0.25) is 0 Å². The zero-order valence-electron chi connectivity index (χ0n) is 8.37. The molecule has 0 unspecified atom stereocenters. The van der Waals surface area contributed by atoms with Gasteiger partial charge in [0.25, 0.3) is 5.91 Å². The number of nitrogens with one attached hydrogen (secondary N) is 1. The van der Waals surface area contributed by atoms with Gasteiger partial charge in [-0.15, -0.1) is 0 Å². The number of amides is 2. The quantitative estimate of drug-likeness (QED) is 0.455. The average Bonchev–Trinajstić information content (AvgIpc) is 2.22. The van der Waals surface area contributed by atoms with E-state index in [4.69, 9.17) is 5.73 Å². The number of hydroxylamine groups is 1. The van der Waals surface area contributed by atoms with Crippen LogP contribution >= 0.6 is 45.2 Å². The molecule has 0 aromatic heterocycles. The number of hydrogen-bond acceptors (Lipinski definition) is 4. The van der Waals surface area contributed by atoms with Crippen molar-refractivity contribution in [3.05, 3.63) is 24.8 Å². The fraction of sp³-hybridized carbons (Fsp3) is 0.111. The molecule has 0 heterocycles. The molecule has 0 aliphatic carbocycles. The van der Waals surface area contributed by atoms with Crippen molar-refractivity contribution in [1.29, 1.82) is 0 Å². The van der Waals surface area contributed by atoms with Crippen LogP contribution in [0.15, 0.2) is 12.1 Å². The van der Waals surface area contributed by atoms with Gasteiger partial charge in [0.15, 0.2) is 6.61 Å². The first-order valence-corrected chi connectivity index (χ1v) is 6.46. The Bertz CT molecular complexity index is 465. The Labute approximate surface area is 124 Å². The van der Waals surface area contributed by atoms with Crippen molar-refractivity contribution < 1.29 is 19.5 Å². The maximum Gasteiger partial charge on any atom is 0.278 e. The van der Waals surface area contributed by atoms with Crippen molar-refractivity contribution in [2.45, 2.75) is 0 Å². The number of carbonyl (C=O) groups is 2. The van der Waals surface area contributed by atoms with Crippen LogP contribution in [0.25, 0.3) is 0 Å². The van der Waals surface area contributed by atoms with Crippen molar-refractivity contribution in [1.82, 2.24) is 5.48 Å². The highest BCUT2D eigenvalue weighted by atomic mass is 127. The van der Waals surface area contributed by atoms with Crippen molar-refractivity contribution in [2.24, 2.45) is 5.73 Å². The number of phenolic OH excluding ortho intramolecular Hbond substituents is 1. The second-order valence-electron chi connectivity index (χ2n) is 2.97. The van der Waals surface area contributed by atoms with Gasteiger partial charge in [0.05, 0.1) is 9.13 Å². The van der Waals surface area contributed by atoms with Gasteiger partial charge < -0.3 is 10.8 Å². The zero-order valence-corrected chi connectivity index (χ0v) is 12.7. The normalized spacial score (nSPS) is 10.0. The Hall–Kier alpha value is -0.620. The van der Waals surface area contributed by atoms with Crippen LogP contribution in [0.5, 0.6) is 5.75 Å². The first-order valence-electron chi connectivity index (χ1n) is 4.30. The van der Waals surface area contributed by atoms with E-state index in [2.05, 4.69) is 4.84 Å². The number of rotatable bonds is 4. The molecule has 0 saturated heterocycles. The summed E-state index contributed by atoms with van der Waals surface area (Å²) in [6, 6.07) is 3.22. The maximum atomic E-state index is 11.6. The van der Waals surface area contributed by atoms with Crippen LogP contribution in [0.1, 0.15) is 10.4 Å². The van der Waals surface area contributed by atoms with Crippen LogP contribution in [0, 0.1) is 7.14 Å². The highest BCUT2D eigenvalue weighted by molar-refractivity contribution is 14.1. The summed E-state index contributed by atoms with van der Waals surface area (Å²) in [6.07, 6.45) is 0. The number of nitrogens with two attached hydrogens (primary N) is 1. The van der Waals surface area contributed by atoms with Crippen molar-refractivity contribution in [2.75, 3.05) is 6.61 Å². The van der Waals surface area contributed by atoms with E-state index in [1.807, 2.05) is 50.7 Å². The molecule has 8 heteroatoms. The molecule has 92 valence electrons. The molecule has 0 spiro atoms. The maximum absolute atomic E-state index is 11.6. The molecule has 6 nitrogen and oxygen atoms in total. The van der Waals surface area contributed by atoms with E-state index < -0.39 is 18.4 Å². The molecule has 0 aliphatic heterocycles. The van der Waals surface area contributed by atoms with E-state index in [0.717, 1.165) is 3.57 Å². The fourth-order valence-electron chi connectivity index (χ4n) is 0.967. The zero-order chi connectivity index (χ0) is 13.0. The van der Waals surface area contributed by atoms with Crippen LogP contribution in [-0.2, 0) is 9.63 Å². The summed E-state index contributed by atoms with van der Waals surface area (Å²) >= 11 is 3.93. The number of hydrogen-bond donors (Lipinski definition) is 3. The molecule has 0 radical (unpaired) electrons. The second kappa shape index (κ2) is 6.35. The molecular formula is C9H8I2N2O4. The molecule has 17 heavy (non-hydrogen) atoms. The summed E-state index contributed by atoms with van der Waals surface area (Å²) in [6.45, 7) is -0.423. The Morgan fingerprint density at radius 1 is 1.41 bits per heavy atom. The van der Waals surface area contributed by atoms with Crippen LogP contribution in [0.4, 0.5) is 0 Å². The van der Waals surface area contributed by atoms with Gasteiger partial charge in [0.2, 0.25) is 5.91 Å². The first kappa shape index (κ1) is 14.4. The van der Waals surface area contributed by atoms with Crippen LogP contribution in [0.3, 0.4) is 0 Å². The van der Waals surface area contributed by atoms with E-state index in [1.54, 1.807) is 6.07 Å². The van der Waals surface area contributed by atoms with E-state index in [9.17, 15) is 14.7 Å². The third-order valence-corrected chi connectivity index (χ3v) is 3.10. The number of carbonyl (C=O) groups excluding carboxylic acids is 2. The summed E-state index contributed by atoms with van der Waals surface area (Å²) in [4.78, 5) is 26.5. The molecule has 0 saturated carbocycles. The highest BCUT2D eigenvalue weighted by Gasteiger charge is 2.15. The molecule has 0 bridgehead atoms. The Kier molecular flexibility index (Phi) is 5.39. The van der Waals surface area contributed by atoms with Gasteiger partial charge in [0, 0.05) is 3.57 Å². The molecule has 0 atom stereocenters. The lowest BCUT2D eigenvalue weighted by atomic mass is 10.2. The summed E-state index contributed by atoms with van der Waals surface area (Å²) in [5.74, 6) is -1.47. The second-order valence-corrected chi connectivity index (χ2v) is 5.38. The number of benzene rings is 1. The molecule has 1 aromatic rings. The predicted molar refractivity (Wildman–Crippen MR) is 76.2 cm³/mol. The molecule has 2 amide bonds. The Balaban J connectivity index is 2.78. The van der Waals surface area contributed by atoms with E-state index >= 15 is 0 Å². The Morgan fingerprint density at radius 2 is 2.06 bits per heavy atom. The lowest BCUT2D eigenvalue weighted by Crippen LogP contribution is -2.29. The van der Waals surface area contributed by atoms with Gasteiger partial charge in [-0.2, -0.15) is 0 Å². The minimum absolute atomic E-state index is 0.0748. The van der Waals surface area contributed by atoms with Crippen LogP contribution < -0.4 is 11.2 Å². The van der Waals surface area contributed by atoms with Crippen molar-refractivity contribution in [3.8, 4) is 5.75 Å². The van der Waals surface area contributed by atoms with Crippen molar-refractivity contribution in [3.63, 3.8) is 0 Å². The van der Waals surface area contributed by atoms with E-state index in [0.29, 0.717) is 3.57 Å². The minimum Gasteiger partial charge on any atom is -0.506 e. The van der Waals surface area contributed by atoms with Gasteiger partial charge in [0.1, 0.15) is 5.75 Å². The van der Waals surface area contributed by atoms with Gasteiger partial charge in [-0.25, -0.2) is 5.48 Å². The monoisotopic (exact) mass is 462 g/mol. The van der Waals surface area contributed by atoms with Gasteiger partial charge in [-0.3, -0.25) is 14.4 Å². The lowest BCUT2D eigenvalue weighted by molar-refractivity contribution is -0.124. The largest absolute Gasteiger partial charge is 0.506 e. The summed E-state index contributed by atoms with van der Waals surface area (Å²) in [7, 11) is 0. The summed E-state index contributed by atoms with van der Waals surface area (Å²) < 4.78 is 1.35. The van der Waals surface area contributed by atoms with Crippen LogP contribution in [-0.4, -0.2) is 23.5 Å². The smallest absolute Gasteiger partial charge is 0.278 e. The first-order chi connectivity index (χ1) is 7.91. The number of aromatic hydroxyl groups is 1. The lowest BCUT2D eigenvalue weighted by Gasteiger charge is -2.08. The summed E-state index contributed by atoms with van der Waals surface area (Å²) in [5.41, 5.74) is 6.92. The SMILES string of the molecule is NC(=O)CONC(=O)c1cc(I)cc(I)c1O. The molecule has 0 aliphatic rings. The molecule has 4 N–H and O–H groups in total. The minimum atomic E-state index is -0.702. The number of phenols is 1. The predicted octanol–water partition coefficient (Wildman–Crippen LogP) is 0.748. The van der Waals surface area contributed by atoms with E-state index in [-0.39, 0.29) is 11.3 Å². The highest BCUT2D eigenvalue weighted by Crippen LogP contribution is 2.26. The van der Waals surface area contributed by atoms with Gasteiger partial charge in [-0.05, 0) is 57.3 Å². The number of halogens is 2. The molecular weight excluding hydrogens is 454 g/mol. The Morgan fingerprint density at radius 3 is 2.65 bits per heavy atom. The molecule has 1 aromatic carbocycles. The van der Waals surface area contributed by atoms with E-state index in [1.165, 1.54) is 6.07 Å². The third-order valence-electron chi connectivity index (χ3n) is 1.65. The average molecular weight is 462 g/mol. The third kappa shape index (κ3) is 4.27. The topological polar surface area (TPSA) is 102 Å². The van der Waals surface area contributed by atoms with Gasteiger partial charge in [-0.1, -0.05) is 0 Å². The molecule has 0 fully saturated rings.